The third kappa shape index (κ3) is 4.34. The number of unbranched alkanes of at least 4 members (excludes halogenated alkanes) is 2. The Bertz CT molecular complexity index is 490. The molecule has 3 saturated heterocycles. The van der Waals surface area contributed by atoms with Gasteiger partial charge in [0.1, 0.15) is 12.2 Å². The quantitative estimate of drug-likeness (QED) is 0.533. The molecular weight excluding hydrogens is 328 g/mol. The normalized spacial score (nSPS) is 38.7. The number of ether oxygens (including phenoxy) is 6. The summed E-state index contributed by atoms with van der Waals surface area (Å²) in [7, 11) is 0. The second-order valence-corrected chi connectivity index (χ2v) is 7.85. The summed E-state index contributed by atoms with van der Waals surface area (Å²) in [6.45, 7) is 9.83. The molecule has 7 heteroatoms. The van der Waals surface area contributed by atoms with E-state index in [4.69, 9.17) is 28.4 Å². The van der Waals surface area contributed by atoms with Crippen molar-refractivity contribution in [3.05, 3.63) is 0 Å². The molecule has 3 aliphatic heterocycles. The molecule has 0 radical (unpaired) electrons. The van der Waals surface area contributed by atoms with Crippen LogP contribution in [0.25, 0.3) is 0 Å². The molecule has 144 valence electrons. The smallest absolute Gasteiger partial charge is 0.306 e. The van der Waals surface area contributed by atoms with Gasteiger partial charge in [0.25, 0.3) is 0 Å². The first kappa shape index (κ1) is 19.0. The number of esters is 1. The van der Waals surface area contributed by atoms with Gasteiger partial charge in [0.15, 0.2) is 30.1 Å². The first-order valence-corrected chi connectivity index (χ1v) is 9.23. The van der Waals surface area contributed by atoms with Crippen molar-refractivity contribution in [2.24, 2.45) is 0 Å². The average Bonchev–Trinajstić information content (AvgIpc) is 3.10. The topological polar surface area (TPSA) is 72.5 Å². The molecule has 7 nitrogen and oxygen atoms in total. The maximum atomic E-state index is 12.3. The summed E-state index contributed by atoms with van der Waals surface area (Å²) < 4.78 is 35.0. The van der Waals surface area contributed by atoms with Crippen LogP contribution in [0.1, 0.15) is 60.3 Å². The Kier molecular flexibility index (Phi) is 5.42. The highest BCUT2D eigenvalue weighted by atomic mass is 16.8. The van der Waals surface area contributed by atoms with Gasteiger partial charge in [0, 0.05) is 6.42 Å². The lowest BCUT2D eigenvalue weighted by atomic mass is 10.1. The van der Waals surface area contributed by atoms with E-state index < -0.39 is 36.2 Å². The minimum Gasteiger partial charge on any atom is -0.456 e. The molecule has 0 aromatic carbocycles. The highest BCUT2D eigenvalue weighted by Crippen LogP contribution is 2.42. The van der Waals surface area contributed by atoms with Crippen LogP contribution in [0.5, 0.6) is 0 Å². The van der Waals surface area contributed by atoms with Gasteiger partial charge in [0.05, 0.1) is 6.61 Å². The van der Waals surface area contributed by atoms with Gasteiger partial charge in [-0.2, -0.15) is 0 Å². The fourth-order valence-electron chi connectivity index (χ4n) is 3.54. The Balaban J connectivity index is 1.68. The molecule has 0 amide bonds. The van der Waals surface area contributed by atoms with Crippen molar-refractivity contribution in [3.8, 4) is 0 Å². The standard InChI is InChI=1S/C18H30O7/c1-6-7-8-9-12(19)21-14-13(11-10-20-17(2,3)23-11)22-16-15(14)24-18(4,5)25-16/h11,13-16H,6-10H2,1-5H3/t11-,13-,14+,15-,16-/m1/s1. The molecule has 25 heavy (non-hydrogen) atoms. The summed E-state index contributed by atoms with van der Waals surface area (Å²) in [4.78, 5) is 12.3. The Morgan fingerprint density at radius 2 is 1.80 bits per heavy atom. The molecule has 0 bridgehead atoms. The van der Waals surface area contributed by atoms with E-state index in [0.717, 1.165) is 19.3 Å². The van der Waals surface area contributed by atoms with E-state index in [9.17, 15) is 4.79 Å². The molecule has 0 aromatic rings. The van der Waals surface area contributed by atoms with Gasteiger partial charge in [-0.1, -0.05) is 19.8 Å². The van der Waals surface area contributed by atoms with Crippen LogP contribution < -0.4 is 0 Å². The van der Waals surface area contributed by atoms with Crippen LogP contribution in [0.15, 0.2) is 0 Å². The van der Waals surface area contributed by atoms with Crippen LogP contribution in [0, 0.1) is 0 Å². The monoisotopic (exact) mass is 358 g/mol. The third-order valence-corrected chi connectivity index (χ3v) is 4.68. The van der Waals surface area contributed by atoms with E-state index >= 15 is 0 Å². The molecule has 0 unspecified atom stereocenters. The van der Waals surface area contributed by atoms with Crippen molar-refractivity contribution in [2.45, 2.75) is 103 Å². The lowest BCUT2D eigenvalue weighted by molar-refractivity contribution is -0.235. The summed E-state index contributed by atoms with van der Waals surface area (Å²) in [5, 5.41) is 0. The Morgan fingerprint density at radius 1 is 1.04 bits per heavy atom. The van der Waals surface area contributed by atoms with Gasteiger partial charge in [-0.05, 0) is 34.1 Å². The van der Waals surface area contributed by atoms with Crippen molar-refractivity contribution in [3.63, 3.8) is 0 Å². The highest BCUT2D eigenvalue weighted by molar-refractivity contribution is 5.69. The summed E-state index contributed by atoms with van der Waals surface area (Å²) in [5.41, 5.74) is 0. The zero-order valence-electron chi connectivity index (χ0n) is 15.8. The van der Waals surface area contributed by atoms with Crippen molar-refractivity contribution in [2.75, 3.05) is 6.61 Å². The van der Waals surface area contributed by atoms with Crippen LogP contribution in [0.4, 0.5) is 0 Å². The first-order chi connectivity index (χ1) is 11.7. The SMILES string of the molecule is CCCCCC(=O)O[C@@H]1[C@H]2OC(C)(C)O[C@H]2O[C@@H]1[C@H]1COC(C)(C)O1. The predicted octanol–water partition coefficient (Wildman–Crippen LogP) is 2.51. The fourth-order valence-corrected chi connectivity index (χ4v) is 3.54. The van der Waals surface area contributed by atoms with E-state index in [1.54, 1.807) is 0 Å². The number of hydrogen-bond acceptors (Lipinski definition) is 7. The van der Waals surface area contributed by atoms with Crippen LogP contribution in [0.2, 0.25) is 0 Å². The molecule has 3 heterocycles. The Hall–Kier alpha value is -0.730. The van der Waals surface area contributed by atoms with E-state index in [-0.39, 0.29) is 12.1 Å². The third-order valence-electron chi connectivity index (χ3n) is 4.68. The van der Waals surface area contributed by atoms with E-state index in [1.165, 1.54) is 0 Å². The molecule has 5 atom stereocenters. The summed E-state index contributed by atoms with van der Waals surface area (Å²) in [6, 6.07) is 0. The number of carbonyl (C=O) groups excluding carboxylic acids is 1. The minimum absolute atomic E-state index is 0.237. The van der Waals surface area contributed by atoms with Gasteiger partial charge in [-0.3, -0.25) is 4.79 Å². The predicted molar refractivity (Wildman–Crippen MR) is 87.6 cm³/mol. The maximum absolute atomic E-state index is 12.3. The van der Waals surface area contributed by atoms with Gasteiger partial charge >= 0.3 is 5.97 Å². The van der Waals surface area contributed by atoms with E-state index in [1.807, 2.05) is 27.7 Å². The lowest BCUT2D eigenvalue weighted by Gasteiger charge is -2.28. The molecule has 0 N–H and O–H groups in total. The van der Waals surface area contributed by atoms with Crippen LogP contribution >= 0.6 is 0 Å². The second kappa shape index (κ2) is 7.12. The molecule has 0 spiro atoms. The van der Waals surface area contributed by atoms with Gasteiger partial charge in [0.2, 0.25) is 0 Å². The van der Waals surface area contributed by atoms with Crippen LogP contribution in [-0.2, 0) is 33.2 Å². The van der Waals surface area contributed by atoms with Crippen molar-refractivity contribution < 1.29 is 33.2 Å². The number of hydrogen-bond donors (Lipinski definition) is 0. The van der Waals surface area contributed by atoms with Crippen molar-refractivity contribution in [1.29, 1.82) is 0 Å². The first-order valence-electron chi connectivity index (χ1n) is 9.23. The van der Waals surface area contributed by atoms with Gasteiger partial charge < -0.3 is 28.4 Å². The molecule has 3 aliphatic rings. The summed E-state index contributed by atoms with van der Waals surface area (Å²) in [6.07, 6.45) is 0.888. The van der Waals surface area contributed by atoms with Crippen LogP contribution in [-0.4, -0.2) is 54.9 Å². The number of rotatable bonds is 6. The molecule has 3 fully saturated rings. The minimum atomic E-state index is -0.764. The molecule has 0 aliphatic carbocycles. The summed E-state index contributed by atoms with van der Waals surface area (Å²) >= 11 is 0. The maximum Gasteiger partial charge on any atom is 0.306 e. The van der Waals surface area contributed by atoms with Crippen molar-refractivity contribution >= 4 is 5.97 Å². The zero-order valence-corrected chi connectivity index (χ0v) is 15.8. The average molecular weight is 358 g/mol. The number of carbonyl (C=O) groups is 1. The number of fused-ring (bicyclic) bond motifs is 1. The Labute approximate surface area is 149 Å². The molecular formula is C18H30O7. The largest absolute Gasteiger partial charge is 0.456 e. The van der Waals surface area contributed by atoms with Gasteiger partial charge in [-0.15, -0.1) is 0 Å². The summed E-state index contributed by atoms with van der Waals surface area (Å²) in [5.74, 6) is -1.68. The Morgan fingerprint density at radius 3 is 2.44 bits per heavy atom. The zero-order chi connectivity index (χ0) is 18.2. The van der Waals surface area contributed by atoms with Gasteiger partial charge in [-0.25, -0.2) is 0 Å². The van der Waals surface area contributed by atoms with E-state index in [2.05, 4.69) is 6.92 Å². The van der Waals surface area contributed by atoms with Crippen molar-refractivity contribution in [1.82, 2.24) is 0 Å². The molecule has 3 rings (SSSR count). The van der Waals surface area contributed by atoms with Crippen LogP contribution in [0.3, 0.4) is 0 Å². The molecule has 0 aromatic heterocycles. The lowest BCUT2D eigenvalue weighted by Crippen LogP contribution is -2.45. The van der Waals surface area contributed by atoms with E-state index in [0.29, 0.717) is 13.0 Å². The molecule has 0 saturated carbocycles. The highest BCUT2D eigenvalue weighted by Gasteiger charge is 2.59. The second-order valence-electron chi connectivity index (χ2n) is 7.85. The fraction of sp³-hybridized carbons (Fsp3) is 0.944.